The maximum Gasteiger partial charge on any atom is 0.310 e. The minimum absolute atomic E-state index is 0.00345. The number of benzene rings is 2. The highest BCUT2D eigenvalue weighted by molar-refractivity contribution is 5.81. The summed E-state index contributed by atoms with van der Waals surface area (Å²) in [5, 5.41) is 2.86. The Morgan fingerprint density at radius 3 is 2.33 bits per heavy atom. The topological polar surface area (TPSA) is 73.9 Å². The summed E-state index contributed by atoms with van der Waals surface area (Å²) in [4.78, 5) is 24.2. The van der Waals surface area contributed by atoms with Crippen LogP contribution in [0, 0.1) is 0 Å². The van der Waals surface area contributed by atoms with Crippen molar-refractivity contribution in [1.29, 1.82) is 0 Å². The first kappa shape index (κ1) is 23.3. The van der Waals surface area contributed by atoms with E-state index in [-0.39, 0.29) is 25.0 Å². The van der Waals surface area contributed by atoms with E-state index in [9.17, 15) is 9.59 Å². The summed E-state index contributed by atoms with van der Waals surface area (Å²) in [5.74, 6) is 0.467. The minimum Gasteiger partial charge on any atom is -0.490 e. The van der Waals surface area contributed by atoms with E-state index in [2.05, 4.69) is 17.4 Å². The van der Waals surface area contributed by atoms with Gasteiger partial charge < -0.3 is 19.5 Å². The van der Waals surface area contributed by atoms with Crippen LogP contribution < -0.4 is 14.8 Å². The maximum absolute atomic E-state index is 12.1. The van der Waals surface area contributed by atoms with Gasteiger partial charge in [0.1, 0.15) is 0 Å². The Kier molecular flexibility index (Phi) is 9.71. The summed E-state index contributed by atoms with van der Waals surface area (Å²) in [6.07, 6.45) is 1.75. The highest BCUT2D eigenvalue weighted by Crippen LogP contribution is 2.28. The van der Waals surface area contributed by atoms with Gasteiger partial charge in [0.25, 0.3) is 5.91 Å². The van der Waals surface area contributed by atoms with Gasteiger partial charge >= 0.3 is 5.97 Å². The number of nitrogens with one attached hydrogen (secondary N) is 1. The fourth-order valence-electron chi connectivity index (χ4n) is 2.99. The molecule has 1 amide bonds. The van der Waals surface area contributed by atoms with Gasteiger partial charge in [-0.2, -0.15) is 0 Å². The molecule has 6 heteroatoms. The molecule has 0 saturated heterocycles. The second-order valence-electron chi connectivity index (χ2n) is 6.98. The zero-order chi connectivity index (χ0) is 21.8. The molecule has 30 heavy (non-hydrogen) atoms. The van der Waals surface area contributed by atoms with Crippen LogP contribution in [0.2, 0.25) is 0 Å². The maximum atomic E-state index is 12.1. The predicted octanol–water partition coefficient (Wildman–Crippen LogP) is 3.71. The first-order valence-electron chi connectivity index (χ1n) is 10.4. The third kappa shape index (κ3) is 8.15. The Hall–Kier alpha value is -3.02. The second-order valence-corrected chi connectivity index (χ2v) is 6.98. The van der Waals surface area contributed by atoms with Crippen molar-refractivity contribution in [1.82, 2.24) is 5.32 Å². The van der Waals surface area contributed by atoms with Gasteiger partial charge in [-0.25, -0.2) is 0 Å². The van der Waals surface area contributed by atoms with Crippen LogP contribution in [0.5, 0.6) is 11.5 Å². The Balaban J connectivity index is 1.75. The van der Waals surface area contributed by atoms with E-state index in [1.54, 1.807) is 18.2 Å². The van der Waals surface area contributed by atoms with Crippen LogP contribution in [-0.2, 0) is 27.2 Å². The molecule has 0 bridgehead atoms. The molecule has 0 radical (unpaired) electrons. The van der Waals surface area contributed by atoms with Crippen LogP contribution >= 0.6 is 0 Å². The first-order chi connectivity index (χ1) is 14.5. The van der Waals surface area contributed by atoms with E-state index >= 15 is 0 Å². The second kappa shape index (κ2) is 12.5. The van der Waals surface area contributed by atoms with Crippen molar-refractivity contribution in [3.8, 4) is 11.5 Å². The molecule has 1 N–H and O–H groups in total. The Morgan fingerprint density at radius 2 is 1.63 bits per heavy atom. The van der Waals surface area contributed by atoms with Crippen molar-refractivity contribution in [3.05, 3.63) is 59.7 Å². The Morgan fingerprint density at radius 1 is 0.933 bits per heavy atom. The fourth-order valence-corrected chi connectivity index (χ4v) is 2.99. The van der Waals surface area contributed by atoms with E-state index in [1.165, 1.54) is 5.56 Å². The number of carbonyl (C=O) groups excluding carboxylic acids is 2. The van der Waals surface area contributed by atoms with Crippen LogP contribution in [0.1, 0.15) is 38.3 Å². The summed E-state index contributed by atoms with van der Waals surface area (Å²) in [6.45, 7) is 6.46. The van der Waals surface area contributed by atoms with Crippen molar-refractivity contribution >= 4 is 11.9 Å². The normalized spacial score (nSPS) is 11.4. The van der Waals surface area contributed by atoms with Crippen LogP contribution in [0.15, 0.2) is 48.5 Å². The van der Waals surface area contributed by atoms with Crippen molar-refractivity contribution in [2.45, 2.75) is 46.1 Å². The zero-order valence-corrected chi connectivity index (χ0v) is 18.0. The summed E-state index contributed by atoms with van der Waals surface area (Å²) in [7, 11) is 0. The van der Waals surface area contributed by atoms with E-state index in [4.69, 9.17) is 14.2 Å². The lowest BCUT2D eigenvalue weighted by Gasteiger charge is -2.14. The lowest BCUT2D eigenvalue weighted by molar-refractivity contribution is -0.148. The number of carbonyl (C=O) groups is 2. The average molecular weight is 414 g/mol. The van der Waals surface area contributed by atoms with Crippen LogP contribution in [0.25, 0.3) is 0 Å². The van der Waals surface area contributed by atoms with E-state index in [0.717, 1.165) is 18.4 Å². The number of rotatable bonds is 12. The minimum atomic E-state index is -0.464. The molecule has 0 spiro atoms. The van der Waals surface area contributed by atoms with Crippen molar-refractivity contribution in [2.24, 2.45) is 0 Å². The van der Waals surface area contributed by atoms with Crippen LogP contribution in [0.3, 0.4) is 0 Å². The molecule has 2 aromatic carbocycles. The highest BCUT2D eigenvalue weighted by atomic mass is 16.5. The largest absolute Gasteiger partial charge is 0.490 e. The molecule has 0 aliphatic carbocycles. The lowest BCUT2D eigenvalue weighted by atomic mass is 10.1. The van der Waals surface area contributed by atoms with Gasteiger partial charge in [0.15, 0.2) is 18.1 Å². The van der Waals surface area contributed by atoms with Gasteiger partial charge in [0.2, 0.25) is 0 Å². The molecule has 0 unspecified atom stereocenters. The molecule has 0 fully saturated rings. The predicted molar refractivity (Wildman–Crippen MR) is 116 cm³/mol. The first-order valence-corrected chi connectivity index (χ1v) is 10.4. The van der Waals surface area contributed by atoms with Gasteiger partial charge in [-0.1, -0.05) is 36.4 Å². The Bertz CT molecular complexity index is 806. The van der Waals surface area contributed by atoms with E-state index in [1.807, 2.05) is 39.0 Å². The summed E-state index contributed by atoms with van der Waals surface area (Å²) < 4.78 is 16.2. The molecule has 0 saturated carbocycles. The van der Waals surface area contributed by atoms with Gasteiger partial charge in [-0.15, -0.1) is 0 Å². The smallest absolute Gasteiger partial charge is 0.310 e. The number of ether oxygens (including phenoxy) is 3. The molecular weight excluding hydrogens is 382 g/mol. The van der Waals surface area contributed by atoms with Gasteiger partial charge in [-0.05, 0) is 56.9 Å². The van der Waals surface area contributed by atoms with E-state index < -0.39 is 5.97 Å². The Labute approximate surface area is 178 Å². The molecule has 0 aromatic heterocycles. The fraction of sp³-hybridized carbons (Fsp3) is 0.417. The summed E-state index contributed by atoms with van der Waals surface area (Å²) in [5.41, 5.74) is 1.97. The zero-order valence-electron chi connectivity index (χ0n) is 18.0. The SMILES string of the molecule is CCOc1ccc(CC(=O)OCC(=O)N[C@H](C)CCc2ccccc2)cc1OCC. The van der Waals surface area contributed by atoms with E-state index in [0.29, 0.717) is 24.7 Å². The number of amides is 1. The molecule has 0 aliphatic heterocycles. The molecule has 6 nitrogen and oxygen atoms in total. The highest BCUT2D eigenvalue weighted by Gasteiger charge is 2.13. The quantitative estimate of drug-likeness (QED) is 0.537. The number of hydrogen-bond donors (Lipinski definition) is 1. The van der Waals surface area contributed by atoms with Gasteiger partial charge in [0.05, 0.1) is 19.6 Å². The lowest BCUT2D eigenvalue weighted by Crippen LogP contribution is -2.36. The number of esters is 1. The van der Waals surface area contributed by atoms with Crippen molar-refractivity contribution in [3.63, 3.8) is 0 Å². The van der Waals surface area contributed by atoms with Crippen LogP contribution in [0.4, 0.5) is 0 Å². The summed E-state index contributed by atoms with van der Waals surface area (Å²) >= 11 is 0. The average Bonchev–Trinajstić information content (AvgIpc) is 2.74. The summed E-state index contributed by atoms with van der Waals surface area (Å²) in [6, 6.07) is 15.4. The monoisotopic (exact) mass is 413 g/mol. The van der Waals surface area contributed by atoms with Gasteiger partial charge in [-0.3, -0.25) is 9.59 Å². The third-order valence-corrected chi connectivity index (χ3v) is 4.44. The molecule has 0 heterocycles. The molecule has 1 atom stereocenters. The molecule has 2 aromatic rings. The molecular formula is C24H31NO5. The standard InChI is InChI=1S/C24H31NO5/c1-4-28-21-14-13-20(15-22(21)29-5-2)16-24(27)30-17-23(26)25-18(3)11-12-19-9-7-6-8-10-19/h6-10,13-15,18H,4-5,11-12,16-17H2,1-3H3,(H,25,26)/t18-/m1/s1. The number of hydrogen-bond acceptors (Lipinski definition) is 5. The van der Waals surface area contributed by atoms with Gasteiger partial charge in [0, 0.05) is 6.04 Å². The molecule has 0 aliphatic rings. The molecule has 2 rings (SSSR count). The molecule has 162 valence electrons. The number of aryl methyl sites for hydroxylation is 1. The third-order valence-electron chi connectivity index (χ3n) is 4.44. The van der Waals surface area contributed by atoms with Crippen molar-refractivity contribution in [2.75, 3.05) is 19.8 Å². The van der Waals surface area contributed by atoms with Crippen molar-refractivity contribution < 1.29 is 23.8 Å². The van der Waals surface area contributed by atoms with Crippen LogP contribution in [-0.4, -0.2) is 37.7 Å².